The van der Waals surface area contributed by atoms with Crippen LogP contribution in [-0.2, 0) is 10.2 Å². The lowest BCUT2D eigenvalue weighted by molar-refractivity contribution is -0.132. The molecule has 0 saturated heterocycles. The monoisotopic (exact) mass is 272 g/mol. The lowest BCUT2D eigenvalue weighted by Crippen LogP contribution is -2.52. The first kappa shape index (κ1) is 14.4. The average molecular weight is 272 g/mol. The van der Waals surface area contributed by atoms with Crippen molar-refractivity contribution in [1.29, 1.82) is 5.26 Å². The normalized spacial score (nSPS) is 17.2. The van der Waals surface area contributed by atoms with E-state index >= 15 is 0 Å². The van der Waals surface area contributed by atoms with Crippen LogP contribution >= 0.6 is 0 Å². The molecule has 106 valence electrons. The first-order valence-electron chi connectivity index (χ1n) is 6.69. The molecule has 0 fully saturated rings. The van der Waals surface area contributed by atoms with Crippen LogP contribution < -0.4 is 9.64 Å². The Morgan fingerprint density at radius 2 is 2.00 bits per heavy atom. The van der Waals surface area contributed by atoms with E-state index in [-0.39, 0.29) is 17.9 Å². The highest BCUT2D eigenvalue weighted by molar-refractivity contribution is 6.02. The number of hydrogen-bond acceptors (Lipinski definition) is 3. The van der Waals surface area contributed by atoms with Gasteiger partial charge in [-0.2, -0.15) is 5.26 Å². The molecule has 0 spiro atoms. The molecule has 1 aliphatic rings. The molecular weight excluding hydrogens is 252 g/mol. The van der Waals surface area contributed by atoms with E-state index in [1.807, 2.05) is 18.2 Å². The summed E-state index contributed by atoms with van der Waals surface area (Å²) in [5.41, 5.74) is 0.829. The largest absolute Gasteiger partial charge is 0.476 e. The fraction of sp³-hybridized carbons (Fsp3) is 0.500. The molecule has 1 heterocycles. The van der Waals surface area contributed by atoms with Gasteiger partial charge in [0.15, 0.2) is 5.60 Å². The summed E-state index contributed by atoms with van der Waals surface area (Å²) >= 11 is 0. The van der Waals surface area contributed by atoms with E-state index in [1.54, 1.807) is 13.8 Å². The van der Waals surface area contributed by atoms with Crippen LogP contribution in [-0.4, -0.2) is 18.1 Å². The Kier molecular flexibility index (Phi) is 3.25. The maximum Gasteiger partial charge on any atom is 0.271 e. The van der Waals surface area contributed by atoms with Crippen LogP contribution in [0.4, 0.5) is 5.69 Å². The van der Waals surface area contributed by atoms with Crippen molar-refractivity contribution >= 4 is 11.6 Å². The summed E-state index contributed by atoms with van der Waals surface area (Å²) in [6.45, 7) is 9.81. The number of benzene rings is 1. The minimum absolute atomic E-state index is 0.0244. The van der Waals surface area contributed by atoms with E-state index in [1.165, 1.54) is 4.90 Å². The molecule has 0 saturated carbocycles. The molecule has 1 aliphatic heterocycles. The van der Waals surface area contributed by atoms with Gasteiger partial charge in [-0.05, 0) is 37.0 Å². The van der Waals surface area contributed by atoms with Gasteiger partial charge in [0, 0.05) is 0 Å². The minimum Gasteiger partial charge on any atom is -0.476 e. The fourth-order valence-electron chi connectivity index (χ4n) is 2.26. The summed E-state index contributed by atoms with van der Waals surface area (Å²) in [6.07, 6.45) is 0. The molecular formula is C16H20N2O2. The van der Waals surface area contributed by atoms with Gasteiger partial charge in [-0.25, -0.2) is 0 Å². The number of carbonyl (C=O) groups excluding carboxylic acids is 1. The Balaban J connectivity index is 2.57. The van der Waals surface area contributed by atoms with E-state index < -0.39 is 5.60 Å². The Labute approximate surface area is 120 Å². The molecule has 0 bridgehead atoms. The van der Waals surface area contributed by atoms with Crippen molar-refractivity contribution in [3.63, 3.8) is 0 Å². The number of rotatable bonds is 1. The number of nitrogens with zero attached hydrogens (tertiary/aromatic N) is 2. The van der Waals surface area contributed by atoms with Crippen LogP contribution in [0.2, 0.25) is 0 Å². The van der Waals surface area contributed by atoms with Crippen LogP contribution in [0.3, 0.4) is 0 Å². The molecule has 1 amide bonds. The molecule has 0 radical (unpaired) electrons. The van der Waals surface area contributed by atoms with Gasteiger partial charge in [0.05, 0.1) is 11.8 Å². The van der Waals surface area contributed by atoms with E-state index in [9.17, 15) is 4.79 Å². The molecule has 0 aliphatic carbocycles. The second-order valence-electron chi connectivity index (χ2n) is 6.59. The lowest BCUT2D eigenvalue weighted by Gasteiger charge is -2.38. The van der Waals surface area contributed by atoms with E-state index in [2.05, 4.69) is 26.8 Å². The van der Waals surface area contributed by atoms with Crippen molar-refractivity contribution in [2.75, 3.05) is 11.4 Å². The summed E-state index contributed by atoms with van der Waals surface area (Å²) < 4.78 is 5.78. The van der Waals surface area contributed by atoms with Gasteiger partial charge >= 0.3 is 0 Å². The van der Waals surface area contributed by atoms with Crippen LogP contribution in [0.1, 0.15) is 40.2 Å². The second kappa shape index (κ2) is 4.52. The van der Waals surface area contributed by atoms with Crippen LogP contribution in [0, 0.1) is 11.3 Å². The molecule has 1 aromatic rings. The summed E-state index contributed by atoms with van der Waals surface area (Å²) in [7, 11) is 0. The Morgan fingerprint density at radius 1 is 1.35 bits per heavy atom. The van der Waals surface area contributed by atoms with E-state index in [0.29, 0.717) is 11.4 Å². The third-order valence-corrected chi connectivity index (χ3v) is 3.47. The maximum absolute atomic E-state index is 12.4. The number of carbonyl (C=O) groups is 1. The molecule has 0 unspecified atom stereocenters. The summed E-state index contributed by atoms with van der Waals surface area (Å²) in [6, 6.07) is 7.89. The van der Waals surface area contributed by atoms with Crippen LogP contribution in [0.5, 0.6) is 5.75 Å². The molecule has 0 atom stereocenters. The Morgan fingerprint density at radius 3 is 2.55 bits per heavy atom. The van der Waals surface area contributed by atoms with E-state index in [4.69, 9.17) is 10.00 Å². The highest BCUT2D eigenvalue weighted by atomic mass is 16.5. The van der Waals surface area contributed by atoms with Gasteiger partial charge in [0.25, 0.3) is 5.91 Å². The molecule has 2 rings (SSSR count). The van der Waals surface area contributed by atoms with Crippen LogP contribution in [0.15, 0.2) is 18.2 Å². The van der Waals surface area contributed by atoms with Gasteiger partial charge in [0.1, 0.15) is 12.3 Å². The number of nitriles is 1. The molecule has 1 aromatic carbocycles. The second-order valence-corrected chi connectivity index (χ2v) is 6.59. The smallest absolute Gasteiger partial charge is 0.271 e. The third-order valence-electron chi connectivity index (χ3n) is 3.47. The standard InChI is InChI=1S/C16H20N2O2/c1-15(2,3)11-6-7-13-12(10-11)18(9-8-17)14(19)16(4,5)20-13/h6-7,10H,9H2,1-5H3. The van der Waals surface area contributed by atoms with Crippen molar-refractivity contribution < 1.29 is 9.53 Å². The predicted octanol–water partition coefficient (Wildman–Crippen LogP) is 3.01. The van der Waals surface area contributed by atoms with Crippen molar-refractivity contribution in [1.82, 2.24) is 0 Å². The quantitative estimate of drug-likeness (QED) is 0.738. The van der Waals surface area contributed by atoms with Crippen molar-refractivity contribution in [2.24, 2.45) is 0 Å². The average Bonchev–Trinajstić information content (AvgIpc) is 2.33. The van der Waals surface area contributed by atoms with Gasteiger partial charge in [-0.15, -0.1) is 0 Å². The third kappa shape index (κ3) is 2.36. The number of fused-ring (bicyclic) bond motifs is 1. The highest BCUT2D eigenvalue weighted by Gasteiger charge is 2.41. The predicted molar refractivity (Wildman–Crippen MR) is 77.8 cm³/mol. The van der Waals surface area contributed by atoms with Gasteiger partial charge < -0.3 is 4.74 Å². The van der Waals surface area contributed by atoms with Gasteiger partial charge in [0.2, 0.25) is 0 Å². The first-order chi connectivity index (χ1) is 9.16. The number of hydrogen-bond donors (Lipinski definition) is 0. The number of amides is 1. The zero-order chi connectivity index (χ0) is 15.1. The highest BCUT2D eigenvalue weighted by Crippen LogP contribution is 2.40. The zero-order valence-corrected chi connectivity index (χ0v) is 12.7. The fourth-order valence-corrected chi connectivity index (χ4v) is 2.26. The molecule has 4 heteroatoms. The Hall–Kier alpha value is -2.02. The first-order valence-corrected chi connectivity index (χ1v) is 6.69. The van der Waals surface area contributed by atoms with Crippen molar-refractivity contribution in [3.8, 4) is 11.8 Å². The minimum atomic E-state index is -0.937. The number of anilines is 1. The molecule has 20 heavy (non-hydrogen) atoms. The topological polar surface area (TPSA) is 53.3 Å². The zero-order valence-electron chi connectivity index (χ0n) is 12.7. The van der Waals surface area contributed by atoms with Crippen molar-refractivity contribution in [2.45, 2.75) is 45.6 Å². The van der Waals surface area contributed by atoms with E-state index in [0.717, 1.165) is 5.56 Å². The molecule has 0 aromatic heterocycles. The van der Waals surface area contributed by atoms with Crippen LogP contribution in [0.25, 0.3) is 0 Å². The van der Waals surface area contributed by atoms with Gasteiger partial charge in [-0.3, -0.25) is 9.69 Å². The SMILES string of the molecule is CC1(C)Oc2ccc(C(C)(C)C)cc2N(CC#N)C1=O. The van der Waals surface area contributed by atoms with Gasteiger partial charge in [-0.1, -0.05) is 26.8 Å². The Bertz CT molecular complexity index is 591. The maximum atomic E-state index is 12.4. The number of ether oxygens (including phenoxy) is 1. The summed E-state index contributed by atoms with van der Waals surface area (Å²) in [5.74, 6) is 0.468. The summed E-state index contributed by atoms with van der Waals surface area (Å²) in [4.78, 5) is 13.9. The van der Waals surface area contributed by atoms with Crippen molar-refractivity contribution in [3.05, 3.63) is 23.8 Å². The molecule has 0 N–H and O–H groups in total. The summed E-state index contributed by atoms with van der Waals surface area (Å²) in [5, 5.41) is 8.98. The molecule has 4 nitrogen and oxygen atoms in total. The lowest BCUT2D eigenvalue weighted by atomic mass is 9.86.